The molecule has 0 saturated carbocycles. The second kappa shape index (κ2) is 9.90. The average Bonchev–Trinajstić information content (AvgIpc) is 3.18. The summed E-state index contributed by atoms with van der Waals surface area (Å²) in [5.41, 5.74) is 1.23. The Morgan fingerprint density at radius 3 is 2.92 bits per heavy atom. The molecule has 2 saturated heterocycles. The summed E-state index contributed by atoms with van der Waals surface area (Å²) in [5.74, 6) is 3.33. The first kappa shape index (κ1) is 18.4. The van der Waals surface area contributed by atoms with Crippen LogP contribution in [0.1, 0.15) is 44.6 Å². The fourth-order valence-corrected chi connectivity index (χ4v) is 4.58. The van der Waals surface area contributed by atoms with Gasteiger partial charge in [-0.2, -0.15) is 11.8 Å². The van der Waals surface area contributed by atoms with E-state index in [1.807, 2.05) is 6.20 Å². The molecule has 0 bridgehead atoms. The molecule has 1 aromatic heterocycles. The van der Waals surface area contributed by atoms with E-state index < -0.39 is 0 Å². The summed E-state index contributed by atoms with van der Waals surface area (Å²) >= 11 is 2.08. The van der Waals surface area contributed by atoms with Crippen LogP contribution in [0.15, 0.2) is 23.3 Å². The highest BCUT2D eigenvalue weighted by molar-refractivity contribution is 8.00. The van der Waals surface area contributed by atoms with Crippen molar-refractivity contribution in [2.24, 2.45) is 4.99 Å². The van der Waals surface area contributed by atoms with Gasteiger partial charge in [0.1, 0.15) is 5.82 Å². The zero-order chi connectivity index (χ0) is 17.3. The van der Waals surface area contributed by atoms with Crippen LogP contribution in [0.2, 0.25) is 0 Å². The van der Waals surface area contributed by atoms with E-state index in [2.05, 4.69) is 51.3 Å². The first-order valence-corrected chi connectivity index (χ1v) is 10.7. The molecule has 6 heteroatoms. The van der Waals surface area contributed by atoms with Gasteiger partial charge in [-0.1, -0.05) is 0 Å². The molecular weight excluding hydrogens is 330 g/mol. The third kappa shape index (κ3) is 5.80. The van der Waals surface area contributed by atoms with Gasteiger partial charge in [-0.3, -0.25) is 0 Å². The lowest BCUT2D eigenvalue weighted by molar-refractivity contribution is 0.573. The second-order valence-electron chi connectivity index (χ2n) is 6.78. The van der Waals surface area contributed by atoms with Gasteiger partial charge in [0.25, 0.3) is 0 Å². The Morgan fingerprint density at radius 2 is 2.16 bits per heavy atom. The van der Waals surface area contributed by atoms with Gasteiger partial charge in [0.15, 0.2) is 5.96 Å². The third-order valence-corrected chi connectivity index (χ3v) is 6.17. The molecule has 0 radical (unpaired) electrons. The number of hydrogen-bond acceptors (Lipinski definition) is 4. The topological polar surface area (TPSA) is 52.6 Å². The number of aliphatic imine (C=N–C) groups is 1. The molecule has 1 unspecified atom stereocenters. The van der Waals surface area contributed by atoms with Gasteiger partial charge in [-0.15, -0.1) is 0 Å². The number of guanidine groups is 1. The first-order chi connectivity index (χ1) is 12.3. The van der Waals surface area contributed by atoms with Crippen LogP contribution in [0.25, 0.3) is 0 Å². The molecule has 1 aromatic rings. The van der Waals surface area contributed by atoms with Crippen molar-refractivity contribution in [2.75, 3.05) is 36.8 Å². The SMILES string of the molecule is CCNC(=NCc1ccnc(N2CCCCC2)c1)NCC1CCCS1. The van der Waals surface area contributed by atoms with Crippen LogP contribution in [0.4, 0.5) is 5.82 Å². The predicted molar refractivity (Wildman–Crippen MR) is 109 cm³/mol. The molecule has 1 atom stereocenters. The molecule has 25 heavy (non-hydrogen) atoms. The van der Waals surface area contributed by atoms with Crippen molar-refractivity contribution >= 4 is 23.5 Å². The monoisotopic (exact) mass is 361 g/mol. The molecule has 0 amide bonds. The van der Waals surface area contributed by atoms with Crippen LogP contribution in [0.3, 0.4) is 0 Å². The summed E-state index contributed by atoms with van der Waals surface area (Å²) in [7, 11) is 0. The zero-order valence-corrected chi connectivity index (χ0v) is 16.2. The quantitative estimate of drug-likeness (QED) is 0.602. The fourth-order valence-electron chi connectivity index (χ4n) is 3.38. The molecule has 3 rings (SSSR count). The Balaban J connectivity index is 1.57. The van der Waals surface area contributed by atoms with E-state index in [9.17, 15) is 0 Å². The molecule has 0 aromatic carbocycles. The Kier molecular flexibility index (Phi) is 7.27. The van der Waals surface area contributed by atoms with Crippen LogP contribution in [0.5, 0.6) is 0 Å². The number of rotatable bonds is 6. The summed E-state index contributed by atoms with van der Waals surface area (Å²) in [4.78, 5) is 11.7. The van der Waals surface area contributed by atoms with Gasteiger partial charge < -0.3 is 15.5 Å². The molecule has 0 spiro atoms. The highest BCUT2D eigenvalue weighted by Crippen LogP contribution is 2.25. The molecule has 5 nitrogen and oxygen atoms in total. The van der Waals surface area contributed by atoms with Crippen LogP contribution in [-0.4, -0.2) is 48.1 Å². The summed E-state index contributed by atoms with van der Waals surface area (Å²) in [6.07, 6.45) is 8.48. The first-order valence-electron chi connectivity index (χ1n) is 9.69. The minimum Gasteiger partial charge on any atom is -0.357 e. The smallest absolute Gasteiger partial charge is 0.191 e. The van der Waals surface area contributed by atoms with E-state index in [0.717, 1.165) is 43.2 Å². The van der Waals surface area contributed by atoms with Crippen LogP contribution < -0.4 is 15.5 Å². The zero-order valence-electron chi connectivity index (χ0n) is 15.3. The van der Waals surface area contributed by atoms with E-state index in [1.165, 1.54) is 43.4 Å². The number of nitrogens with zero attached hydrogens (tertiary/aromatic N) is 3. The molecule has 3 heterocycles. The lowest BCUT2D eigenvalue weighted by atomic mass is 10.1. The van der Waals surface area contributed by atoms with Gasteiger partial charge in [-0.05, 0) is 62.5 Å². The van der Waals surface area contributed by atoms with Gasteiger partial charge in [0.05, 0.1) is 6.54 Å². The number of piperidine rings is 1. The van der Waals surface area contributed by atoms with Crippen molar-refractivity contribution in [1.82, 2.24) is 15.6 Å². The van der Waals surface area contributed by atoms with E-state index in [4.69, 9.17) is 4.99 Å². The summed E-state index contributed by atoms with van der Waals surface area (Å²) < 4.78 is 0. The number of nitrogens with one attached hydrogen (secondary N) is 2. The van der Waals surface area contributed by atoms with Crippen molar-refractivity contribution in [1.29, 1.82) is 0 Å². The maximum atomic E-state index is 4.77. The second-order valence-corrected chi connectivity index (χ2v) is 8.19. The number of thioether (sulfide) groups is 1. The van der Waals surface area contributed by atoms with Crippen molar-refractivity contribution in [2.45, 2.75) is 50.8 Å². The average molecular weight is 362 g/mol. The van der Waals surface area contributed by atoms with E-state index in [0.29, 0.717) is 6.54 Å². The largest absolute Gasteiger partial charge is 0.357 e. The van der Waals surface area contributed by atoms with Crippen LogP contribution in [-0.2, 0) is 6.54 Å². The van der Waals surface area contributed by atoms with E-state index in [-0.39, 0.29) is 0 Å². The number of anilines is 1. The standard InChI is InChI=1S/C19H31N5S/c1-2-20-19(23-15-17-7-6-12-25-17)22-14-16-8-9-21-18(13-16)24-10-4-3-5-11-24/h8-9,13,17H,2-7,10-12,14-15H2,1H3,(H2,20,22,23). The number of hydrogen-bond donors (Lipinski definition) is 2. The minimum absolute atomic E-state index is 0.691. The molecular formula is C19H31N5S. The van der Waals surface area contributed by atoms with E-state index in [1.54, 1.807) is 0 Å². The number of pyridine rings is 1. The maximum absolute atomic E-state index is 4.77. The lowest BCUT2D eigenvalue weighted by Crippen LogP contribution is -2.40. The molecule has 2 aliphatic rings. The van der Waals surface area contributed by atoms with Gasteiger partial charge >= 0.3 is 0 Å². The van der Waals surface area contributed by atoms with Crippen molar-refractivity contribution in [3.63, 3.8) is 0 Å². The summed E-state index contributed by atoms with van der Waals surface area (Å²) in [6.45, 7) is 6.95. The summed E-state index contributed by atoms with van der Waals surface area (Å²) in [5, 5.41) is 7.59. The van der Waals surface area contributed by atoms with Gasteiger partial charge in [-0.25, -0.2) is 9.98 Å². The Labute approximate surface area is 156 Å². The molecule has 0 aliphatic carbocycles. The highest BCUT2D eigenvalue weighted by Gasteiger charge is 2.15. The van der Waals surface area contributed by atoms with Crippen molar-refractivity contribution in [3.05, 3.63) is 23.9 Å². The molecule has 2 aliphatic heterocycles. The van der Waals surface area contributed by atoms with Gasteiger partial charge in [0.2, 0.25) is 0 Å². The minimum atomic E-state index is 0.691. The number of aromatic nitrogens is 1. The normalized spacial score (nSPS) is 21.4. The fraction of sp³-hybridized carbons (Fsp3) is 0.684. The predicted octanol–water partition coefficient (Wildman–Crippen LogP) is 3.02. The molecule has 2 N–H and O–H groups in total. The Morgan fingerprint density at radius 1 is 1.28 bits per heavy atom. The van der Waals surface area contributed by atoms with Crippen molar-refractivity contribution < 1.29 is 0 Å². The lowest BCUT2D eigenvalue weighted by Gasteiger charge is -2.27. The third-order valence-electron chi connectivity index (χ3n) is 4.78. The van der Waals surface area contributed by atoms with Crippen molar-refractivity contribution in [3.8, 4) is 0 Å². The van der Waals surface area contributed by atoms with Crippen LogP contribution >= 0.6 is 11.8 Å². The van der Waals surface area contributed by atoms with E-state index >= 15 is 0 Å². The molecule has 2 fully saturated rings. The summed E-state index contributed by atoms with van der Waals surface area (Å²) in [6, 6.07) is 4.28. The Bertz CT molecular complexity index is 551. The Hall–Kier alpha value is -1.43. The van der Waals surface area contributed by atoms with Crippen LogP contribution in [0, 0.1) is 0 Å². The highest BCUT2D eigenvalue weighted by atomic mass is 32.2. The van der Waals surface area contributed by atoms with Gasteiger partial charge in [0, 0.05) is 37.6 Å². The maximum Gasteiger partial charge on any atom is 0.191 e. The molecule has 138 valence electrons.